The summed E-state index contributed by atoms with van der Waals surface area (Å²) in [5.74, 6) is 0.778. The summed E-state index contributed by atoms with van der Waals surface area (Å²) < 4.78 is 29.2. The Morgan fingerprint density at radius 2 is 1.63 bits per heavy atom. The zero-order chi connectivity index (χ0) is 25.2. The summed E-state index contributed by atoms with van der Waals surface area (Å²) in [6, 6.07) is 19.2. The van der Waals surface area contributed by atoms with Crippen molar-refractivity contribution in [2.45, 2.75) is 38.5 Å². The Hall–Kier alpha value is -3.23. The number of hydrogen-bond donors (Lipinski definition) is 0. The van der Waals surface area contributed by atoms with E-state index in [1.165, 1.54) is 4.31 Å². The van der Waals surface area contributed by atoms with Crippen molar-refractivity contribution in [3.8, 4) is 0 Å². The molecule has 0 aliphatic carbocycles. The molecule has 0 saturated heterocycles. The quantitative estimate of drug-likeness (QED) is 0.338. The van der Waals surface area contributed by atoms with E-state index in [1.807, 2.05) is 68.8 Å². The second kappa shape index (κ2) is 10.2. The lowest BCUT2D eigenvalue weighted by Crippen LogP contribution is -2.30. The molecule has 7 nitrogen and oxygen atoms in total. The molecule has 184 valence electrons. The summed E-state index contributed by atoms with van der Waals surface area (Å²) in [6.07, 6.45) is 0.772. The lowest BCUT2D eigenvalue weighted by atomic mass is 10.1. The highest BCUT2D eigenvalue weighted by molar-refractivity contribution is 7.89. The maximum absolute atomic E-state index is 13.1. The number of anilines is 1. The fraction of sp³-hybridized carbons (Fsp3) is 0.333. The van der Waals surface area contributed by atoms with Crippen molar-refractivity contribution >= 4 is 43.4 Å². The minimum atomic E-state index is -3.56. The van der Waals surface area contributed by atoms with E-state index in [4.69, 9.17) is 0 Å². The van der Waals surface area contributed by atoms with Crippen LogP contribution in [0.5, 0.6) is 0 Å². The number of sulfonamides is 1. The van der Waals surface area contributed by atoms with Crippen molar-refractivity contribution in [3.63, 3.8) is 0 Å². The summed E-state index contributed by atoms with van der Waals surface area (Å²) in [5, 5.41) is 2.24. The lowest BCUT2D eigenvalue weighted by Gasteiger charge is -2.21. The number of nitrogens with zero attached hydrogens (tertiary/aromatic N) is 4. The van der Waals surface area contributed by atoms with Crippen molar-refractivity contribution in [2.24, 2.45) is 7.05 Å². The van der Waals surface area contributed by atoms with Crippen LogP contribution in [0.1, 0.15) is 33.0 Å². The van der Waals surface area contributed by atoms with Crippen molar-refractivity contribution in [2.75, 3.05) is 24.5 Å². The molecule has 1 aromatic heterocycles. The first-order valence-corrected chi connectivity index (χ1v) is 13.5. The van der Waals surface area contributed by atoms with Gasteiger partial charge in [0.2, 0.25) is 15.9 Å². The van der Waals surface area contributed by atoms with Gasteiger partial charge in [-0.25, -0.2) is 13.4 Å². The third kappa shape index (κ3) is 4.81. The molecule has 0 spiro atoms. The number of aromatic nitrogens is 2. The molecule has 0 fully saturated rings. The van der Waals surface area contributed by atoms with Gasteiger partial charge in [-0.3, -0.25) is 4.79 Å². The van der Waals surface area contributed by atoms with E-state index in [-0.39, 0.29) is 10.8 Å². The van der Waals surface area contributed by atoms with Crippen LogP contribution in [-0.4, -0.2) is 47.8 Å². The molecule has 4 aromatic rings. The van der Waals surface area contributed by atoms with Gasteiger partial charge < -0.3 is 9.47 Å². The number of aryl methyl sites for hydroxylation is 2. The summed E-state index contributed by atoms with van der Waals surface area (Å²) in [6.45, 7) is 7.03. The molecule has 3 aromatic carbocycles. The van der Waals surface area contributed by atoms with E-state index in [1.54, 1.807) is 23.1 Å². The number of imidazole rings is 1. The highest BCUT2D eigenvalue weighted by atomic mass is 32.2. The molecule has 4 rings (SSSR count). The molecule has 0 N–H and O–H groups in total. The van der Waals surface area contributed by atoms with Gasteiger partial charge in [0, 0.05) is 45.2 Å². The highest BCUT2D eigenvalue weighted by Crippen LogP contribution is 2.25. The van der Waals surface area contributed by atoms with Gasteiger partial charge in [-0.1, -0.05) is 44.2 Å². The van der Waals surface area contributed by atoms with Crippen LogP contribution in [0, 0.1) is 0 Å². The van der Waals surface area contributed by atoms with Crippen LogP contribution in [0.2, 0.25) is 0 Å². The van der Waals surface area contributed by atoms with Crippen LogP contribution >= 0.6 is 0 Å². The third-order valence-corrected chi connectivity index (χ3v) is 8.56. The van der Waals surface area contributed by atoms with Gasteiger partial charge in [0.05, 0.1) is 15.9 Å². The maximum Gasteiger partial charge on any atom is 0.243 e. The number of hydrogen-bond acceptors (Lipinski definition) is 4. The molecule has 8 heteroatoms. The van der Waals surface area contributed by atoms with Gasteiger partial charge in [-0.2, -0.15) is 4.31 Å². The Kier molecular flexibility index (Phi) is 7.23. The van der Waals surface area contributed by atoms with Gasteiger partial charge in [-0.15, -0.1) is 0 Å². The molecule has 0 unspecified atom stereocenters. The van der Waals surface area contributed by atoms with E-state index < -0.39 is 10.0 Å². The minimum absolute atomic E-state index is 0.0274. The van der Waals surface area contributed by atoms with Crippen molar-refractivity contribution in [1.29, 1.82) is 0 Å². The van der Waals surface area contributed by atoms with Crippen molar-refractivity contribution in [3.05, 3.63) is 66.5 Å². The Morgan fingerprint density at radius 3 is 2.31 bits per heavy atom. The number of rotatable bonds is 9. The average Bonchev–Trinajstić information content (AvgIpc) is 3.18. The van der Waals surface area contributed by atoms with Crippen LogP contribution in [0.15, 0.2) is 65.6 Å². The molecule has 0 atom stereocenters. The van der Waals surface area contributed by atoms with E-state index in [9.17, 15) is 13.2 Å². The van der Waals surface area contributed by atoms with Gasteiger partial charge >= 0.3 is 0 Å². The van der Waals surface area contributed by atoms with Gasteiger partial charge in [0.25, 0.3) is 0 Å². The molecule has 1 amide bonds. The number of amides is 1. The van der Waals surface area contributed by atoms with Gasteiger partial charge in [0.1, 0.15) is 5.82 Å². The smallest absolute Gasteiger partial charge is 0.243 e. The first kappa shape index (κ1) is 24.9. The Morgan fingerprint density at radius 1 is 0.914 bits per heavy atom. The standard InChI is InChI=1S/C27H32N4O3S/c1-5-30(6-2)35(33,34)23-14-15-25-24(19-23)28-26(29(25)4)16-17-27(32)31(7-3)22-13-12-20-10-8-9-11-21(20)18-22/h8-15,18-19H,5-7,16-17H2,1-4H3. The number of carbonyl (C=O) groups is 1. The fourth-order valence-corrected chi connectivity index (χ4v) is 6.01. The van der Waals surface area contributed by atoms with Crippen LogP contribution in [0.25, 0.3) is 21.8 Å². The van der Waals surface area contributed by atoms with Crippen molar-refractivity contribution < 1.29 is 13.2 Å². The Balaban J connectivity index is 1.54. The first-order valence-electron chi connectivity index (χ1n) is 12.0. The normalized spacial score (nSPS) is 12.0. The topological polar surface area (TPSA) is 75.5 Å². The predicted molar refractivity (Wildman–Crippen MR) is 141 cm³/mol. The molecular formula is C27H32N4O3S. The van der Waals surface area contributed by atoms with E-state index in [0.717, 1.165) is 27.8 Å². The second-order valence-electron chi connectivity index (χ2n) is 8.50. The molecule has 0 aliphatic heterocycles. The van der Waals surface area contributed by atoms with Crippen LogP contribution in [0.3, 0.4) is 0 Å². The fourth-order valence-electron chi connectivity index (χ4n) is 4.53. The van der Waals surface area contributed by atoms with Crippen LogP contribution in [0.4, 0.5) is 5.69 Å². The molecule has 0 saturated carbocycles. The monoisotopic (exact) mass is 492 g/mol. The summed E-state index contributed by atoms with van der Waals surface area (Å²) in [5.41, 5.74) is 2.34. The van der Waals surface area contributed by atoms with Crippen LogP contribution < -0.4 is 4.90 Å². The minimum Gasteiger partial charge on any atom is -0.331 e. The van der Waals surface area contributed by atoms with E-state index in [0.29, 0.717) is 38.0 Å². The third-order valence-electron chi connectivity index (χ3n) is 6.51. The maximum atomic E-state index is 13.1. The summed E-state index contributed by atoms with van der Waals surface area (Å²) in [4.78, 5) is 19.9. The molecular weight excluding hydrogens is 460 g/mol. The number of fused-ring (bicyclic) bond motifs is 2. The van der Waals surface area contributed by atoms with E-state index >= 15 is 0 Å². The molecule has 0 radical (unpaired) electrons. The average molecular weight is 493 g/mol. The lowest BCUT2D eigenvalue weighted by molar-refractivity contribution is -0.118. The second-order valence-corrected chi connectivity index (χ2v) is 10.4. The predicted octanol–water partition coefficient (Wildman–Crippen LogP) is 4.74. The molecule has 35 heavy (non-hydrogen) atoms. The summed E-state index contributed by atoms with van der Waals surface area (Å²) in [7, 11) is -1.66. The first-order chi connectivity index (χ1) is 16.8. The summed E-state index contributed by atoms with van der Waals surface area (Å²) >= 11 is 0. The van der Waals surface area contributed by atoms with Gasteiger partial charge in [-0.05, 0) is 48.0 Å². The Labute approximate surface area is 207 Å². The SMILES string of the molecule is CCN(C(=O)CCc1nc2cc(S(=O)(=O)N(CC)CC)ccc2n1C)c1ccc2ccccc2c1. The zero-order valence-corrected chi connectivity index (χ0v) is 21.5. The molecule has 1 heterocycles. The number of benzene rings is 3. The molecule has 0 bridgehead atoms. The number of carbonyl (C=O) groups excluding carboxylic acids is 1. The molecule has 0 aliphatic rings. The Bertz CT molecular complexity index is 1470. The zero-order valence-electron chi connectivity index (χ0n) is 20.7. The largest absolute Gasteiger partial charge is 0.331 e. The van der Waals surface area contributed by atoms with Crippen molar-refractivity contribution in [1.82, 2.24) is 13.9 Å². The van der Waals surface area contributed by atoms with E-state index in [2.05, 4.69) is 11.1 Å². The highest BCUT2D eigenvalue weighted by Gasteiger charge is 2.23. The van der Waals surface area contributed by atoms with Crippen LogP contribution in [-0.2, 0) is 28.3 Å². The van der Waals surface area contributed by atoms with Gasteiger partial charge in [0.15, 0.2) is 0 Å².